The molecule has 6 aliphatic rings. The van der Waals surface area contributed by atoms with Crippen molar-refractivity contribution in [1.82, 2.24) is 4.90 Å². The molecule has 0 unspecified atom stereocenters. The van der Waals surface area contributed by atoms with Crippen molar-refractivity contribution in [3.8, 4) is 0 Å². The Bertz CT molecular complexity index is 1490. The molecule has 5 aliphatic carbocycles. The maximum Gasteiger partial charge on any atom is 0.340 e. The first-order valence-corrected chi connectivity index (χ1v) is 17.8. The van der Waals surface area contributed by atoms with Crippen molar-refractivity contribution in [3.05, 3.63) is 29.8 Å². The van der Waals surface area contributed by atoms with E-state index in [1.165, 1.54) is 7.11 Å². The van der Waals surface area contributed by atoms with Gasteiger partial charge in [-0.15, -0.1) is 0 Å². The number of para-hydroxylation sites is 1. The number of likely N-dealkylation sites (tertiary alicyclic amines) is 1. The number of nitrogens with zero attached hydrogens (tertiary/aromatic N) is 1. The first-order chi connectivity index (χ1) is 23.4. The van der Waals surface area contributed by atoms with Crippen LogP contribution in [0.3, 0.4) is 0 Å². The predicted octanol–water partition coefficient (Wildman–Crippen LogP) is 2.65. The van der Waals surface area contributed by atoms with Crippen molar-refractivity contribution < 1.29 is 48.3 Å². The molecule has 6 fully saturated rings. The van der Waals surface area contributed by atoms with Crippen LogP contribution in [0, 0.1) is 40.4 Å². The van der Waals surface area contributed by atoms with Crippen LogP contribution in [-0.2, 0) is 33.3 Å². The Kier molecular flexibility index (Phi) is 8.72. The SMILES string of the molecule is CCN1C[C@]2(COC(=O)c3ccccc3NC(=O)[C@H](C)CC(=O)OC)CC[C@H](OC)[C@@]34[C@@H]5C[C@@H]6CC[C@@](O)([C@H]5[C@H]6OC)[C@@](O)([C@@H](OC)[C@H]23)[C@@H]14. The Hall–Kier alpha value is -2.61. The van der Waals surface area contributed by atoms with Gasteiger partial charge in [0.25, 0.3) is 0 Å². The second kappa shape index (κ2) is 12.3. The quantitative estimate of drug-likeness (QED) is 0.295. The number of anilines is 1. The van der Waals surface area contributed by atoms with E-state index >= 15 is 0 Å². The lowest BCUT2D eigenvalue weighted by atomic mass is 9.42. The standard InChI is InChI=1S/C37H52N2O10/c1-7-39-18-34(19-49-32(42)22-10-8-9-11-24(22)38-31(41)20(2)16-26(40)46-4)14-13-25(45-3)36-23-17-21-12-15-35(43,27(23)28(21)47-5)37(44,33(36)39)30(48-6)29(34)36/h8-11,20-21,23,25,27-30,33,43-44H,7,12-19H2,1-6H3,(H,38,41)/t20-,21+,23-,25+,27-,28+,29-,30+,33+,34+,35-,36+,37-/m1/s1. The molecule has 1 spiro atoms. The number of carbonyl (C=O) groups excluding carboxylic acids is 3. The van der Waals surface area contributed by atoms with Crippen LogP contribution in [0.5, 0.6) is 0 Å². The topological polar surface area (TPSA) is 153 Å². The molecule has 7 rings (SSSR count). The number of aliphatic hydroxyl groups is 2. The van der Waals surface area contributed by atoms with Gasteiger partial charge in [-0.1, -0.05) is 26.0 Å². The number of rotatable bonds is 11. The number of piperidine rings is 1. The fraction of sp³-hybridized carbons (Fsp3) is 0.757. The molecular formula is C37H52N2O10. The summed E-state index contributed by atoms with van der Waals surface area (Å²) < 4.78 is 29.9. The van der Waals surface area contributed by atoms with Crippen molar-refractivity contribution in [2.45, 2.75) is 87.9 Å². The number of methoxy groups -OCH3 is 4. The van der Waals surface area contributed by atoms with E-state index in [9.17, 15) is 24.6 Å². The molecule has 1 aromatic carbocycles. The summed E-state index contributed by atoms with van der Waals surface area (Å²) in [6, 6.07) is 6.28. The summed E-state index contributed by atoms with van der Waals surface area (Å²) in [5, 5.41) is 29.0. The molecule has 5 saturated carbocycles. The zero-order valence-electron chi connectivity index (χ0n) is 29.5. The number of benzene rings is 1. The number of amides is 1. The minimum absolute atomic E-state index is 0.0166. The minimum atomic E-state index is -1.60. The van der Waals surface area contributed by atoms with Gasteiger partial charge in [0.05, 0.1) is 55.7 Å². The number of esters is 2. The van der Waals surface area contributed by atoms with Crippen LogP contribution < -0.4 is 5.32 Å². The molecule has 1 aliphatic heterocycles. The van der Waals surface area contributed by atoms with E-state index in [0.717, 1.165) is 19.3 Å². The molecule has 7 bridgehead atoms. The number of nitrogens with one attached hydrogen (secondary N) is 1. The van der Waals surface area contributed by atoms with E-state index in [1.807, 2.05) is 0 Å². The number of likely N-dealkylation sites (N-methyl/N-ethyl adjacent to an activating group) is 1. The number of hydrogen-bond acceptors (Lipinski definition) is 11. The van der Waals surface area contributed by atoms with Gasteiger partial charge in [-0.05, 0) is 62.6 Å². The summed E-state index contributed by atoms with van der Waals surface area (Å²) >= 11 is 0. The zero-order valence-corrected chi connectivity index (χ0v) is 29.5. The van der Waals surface area contributed by atoms with Gasteiger partial charge in [-0.2, -0.15) is 0 Å². The van der Waals surface area contributed by atoms with Gasteiger partial charge >= 0.3 is 11.9 Å². The Labute approximate surface area is 288 Å². The molecule has 1 aromatic rings. The Morgan fingerprint density at radius 3 is 2.47 bits per heavy atom. The molecule has 0 aromatic heterocycles. The third kappa shape index (κ3) is 4.46. The van der Waals surface area contributed by atoms with E-state index < -0.39 is 57.9 Å². The number of fused-ring (bicyclic) bond motifs is 2. The molecule has 1 amide bonds. The van der Waals surface area contributed by atoms with Crippen molar-refractivity contribution in [2.75, 3.05) is 53.5 Å². The molecule has 1 heterocycles. The van der Waals surface area contributed by atoms with Gasteiger partial charge in [0.15, 0.2) is 0 Å². The highest BCUT2D eigenvalue weighted by atomic mass is 16.5. The summed E-state index contributed by atoms with van der Waals surface area (Å²) in [5.41, 5.74) is -3.69. The van der Waals surface area contributed by atoms with Crippen LogP contribution in [-0.4, -0.2) is 117 Å². The first kappa shape index (κ1) is 34.8. The normalized spacial score (nSPS) is 43.5. The summed E-state index contributed by atoms with van der Waals surface area (Å²) in [5.74, 6) is -2.40. The average molecular weight is 685 g/mol. The number of ether oxygens (including phenoxy) is 5. The maximum atomic E-state index is 14.0. The number of carbonyl (C=O) groups is 3. The highest BCUT2D eigenvalue weighted by Gasteiger charge is 2.91. The molecule has 270 valence electrons. The van der Waals surface area contributed by atoms with Crippen molar-refractivity contribution >= 4 is 23.5 Å². The largest absolute Gasteiger partial charge is 0.469 e. The van der Waals surface area contributed by atoms with Crippen LogP contribution in [0.1, 0.15) is 62.7 Å². The van der Waals surface area contributed by atoms with Gasteiger partial charge in [0.1, 0.15) is 11.2 Å². The highest BCUT2D eigenvalue weighted by Crippen LogP contribution is 2.80. The summed E-state index contributed by atoms with van der Waals surface area (Å²) in [6.45, 7) is 4.98. The second-order valence-electron chi connectivity index (χ2n) is 15.6. The number of hydrogen-bond donors (Lipinski definition) is 3. The monoisotopic (exact) mass is 684 g/mol. The smallest absolute Gasteiger partial charge is 0.340 e. The summed E-state index contributed by atoms with van der Waals surface area (Å²) in [7, 11) is 6.37. The third-order valence-electron chi connectivity index (χ3n) is 14.0. The maximum absolute atomic E-state index is 14.0. The van der Waals surface area contributed by atoms with Crippen molar-refractivity contribution in [2.24, 2.45) is 40.4 Å². The average Bonchev–Trinajstić information content (AvgIpc) is 3.50. The molecule has 1 saturated heterocycles. The van der Waals surface area contributed by atoms with Crippen molar-refractivity contribution in [1.29, 1.82) is 0 Å². The van der Waals surface area contributed by atoms with Gasteiger partial charge in [-0.25, -0.2) is 4.79 Å². The Morgan fingerprint density at radius 1 is 1.04 bits per heavy atom. The van der Waals surface area contributed by atoms with Crippen LogP contribution in [0.25, 0.3) is 0 Å². The van der Waals surface area contributed by atoms with Gasteiger partial charge in [0.2, 0.25) is 5.91 Å². The second-order valence-corrected chi connectivity index (χ2v) is 15.6. The van der Waals surface area contributed by atoms with E-state index in [1.54, 1.807) is 52.5 Å². The molecule has 12 heteroatoms. The molecular weight excluding hydrogens is 632 g/mol. The fourth-order valence-corrected chi connectivity index (χ4v) is 12.5. The zero-order chi connectivity index (χ0) is 35.1. The van der Waals surface area contributed by atoms with E-state index in [-0.39, 0.29) is 54.5 Å². The Balaban J connectivity index is 1.25. The van der Waals surface area contributed by atoms with Crippen LogP contribution in [0.4, 0.5) is 5.69 Å². The van der Waals surface area contributed by atoms with Gasteiger partial charge in [-0.3, -0.25) is 14.5 Å². The lowest BCUT2D eigenvalue weighted by molar-refractivity contribution is -0.313. The minimum Gasteiger partial charge on any atom is -0.469 e. The van der Waals surface area contributed by atoms with E-state index in [2.05, 4.69) is 17.1 Å². The molecule has 13 atom stereocenters. The van der Waals surface area contributed by atoms with E-state index in [0.29, 0.717) is 31.6 Å². The lowest BCUT2D eigenvalue weighted by Gasteiger charge is -2.70. The molecule has 3 N–H and O–H groups in total. The first-order valence-electron chi connectivity index (χ1n) is 17.8. The third-order valence-corrected chi connectivity index (χ3v) is 14.0. The molecule has 0 radical (unpaired) electrons. The fourth-order valence-electron chi connectivity index (χ4n) is 12.5. The van der Waals surface area contributed by atoms with Gasteiger partial charge in [0, 0.05) is 56.5 Å². The lowest BCUT2D eigenvalue weighted by Crippen LogP contribution is -2.81. The predicted molar refractivity (Wildman–Crippen MR) is 176 cm³/mol. The summed E-state index contributed by atoms with van der Waals surface area (Å²) in [4.78, 5) is 41.0. The van der Waals surface area contributed by atoms with Gasteiger partial charge < -0.3 is 39.2 Å². The molecule has 12 nitrogen and oxygen atoms in total. The van der Waals surface area contributed by atoms with Crippen molar-refractivity contribution in [3.63, 3.8) is 0 Å². The highest BCUT2D eigenvalue weighted by molar-refractivity contribution is 6.02. The summed E-state index contributed by atoms with van der Waals surface area (Å²) in [6.07, 6.45) is 2.35. The van der Waals surface area contributed by atoms with Crippen LogP contribution >= 0.6 is 0 Å². The molecule has 49 heavy (non-hydrogen) atoms. The Morgan fingerprint density at radius 2 is 1.80 bits per heavy atom. The van der Waals surface area contributed by atoms with Crippen LogP contribution in [0.15, 0.2) is 24.3 Å². The van der Waals surface area contributed by atoms with E-state index in [4.69, 9.17) is 23.7 Å². The van der Waals surface area contributed by atoms with Crippen LogP contribution in [0.2, 0.25) is 0 Å².